The topological polar surface area (TPSA) is 75.7 Å². The van der Waals surface area contributed by atoms with Crippen LogP contribution in [0.5, 0.6) is 0 Å². The number of hydrogen-bond acceptors (Lipinski definition) is 4. The fourth-order valence-electron chi connectivity index (χ4n) is 3.24. The van der Waals surface area contributed by atoms with Crippen LogP contribution in [0.4, 0.5) is 0 Å². The van der Waals surface area contributed by atoms with Crippen molar-refractivity contribution in [3.8, 4) is 0 Å². The highest BCUT2D eigenvalue weighted by atomic mass is 16.5. The number of amides is 2. The maximum absolute atomic E-state index is 12.3. The smallest absolute Gasteiger partial charge is 0.338 e. The van der Waals surface area contributed by atoms with Crippen molar-refractivity contribution in [3.05, 3.63) is 71.3 Å². The van der Waals surface area contributed by atoms with Gasteiger partial charge in [0.1, 0.15) is 0 Å². The second kappa shape index (κ2) is 9.87. The van der Waals surface area contributed by atoms with E-state index in [0.717, 1.165) is 24.1 Å². The number of carbonyl (C=O) groups is 3. The van der Waals surface area contributed by atoms with Crippen molar-refractivity contribution in [2.24, 2.45) is 0 Å². The molecule has 1 N–H and O–H groups in total. The summed E-state index contributed by atoms with van der Waals surface area (Å²) in [6.07, 6.45) is 1.35. The van der Waals surface area contributed by atoms with Gasteiger partial charge in [-0.05, 0) is 43.0 Å². The average molecular weight is 394 g/mol. The summed E-state index contributed by atoms with van der Waals surface area (Å²) in [7, 11) is 0. The third-order valence-electron chi connectivity index (χ3n) is 4.94. The molecule has 0 saturated carbocycles. The molecule has 0 radical (unpaired) electrons. The van der Waals surface area contributed by atoms with Crippen molar-refractivity contribution in [2.45, 2.75) is 38.8 Å². The normalized spacial score (nSPS) is 14.5. The van der Waals surface area contributed by atoms with Crippen molar-refractivity contribution in [3.63, 3.8) is 0 Å². The lowest BCUT2D eigenvalue weighted by atomic mass is 10.1. The summed E-state index contributed by atoms with van der Waals surface area (Å²) in [4.78, 5) is 38.0. The molecule has 6 nitrogen and oxygen atoms in total. The minimum absolute atomic E-state index is 0.167. The predicted octanol–water partition coefficient (Wildman–Crippen LogP) is 2.71. The number of nitrogens with zero attached hydrogens (tertiary/aromatic N) is 1. The lowest BCUT2D eigenvalue weighted by molar-refractivity contribution is -0.129. The largest absolute Gasteiger partial charge is 0.449 e. The Hall–Kier alpha value is -3.15. The molecule has 6 heteroatoms. The van der Waals surface area contributed by atoms with Gasteiger partial charge < -0.3 is 15.0 Å². The van der Waals surface area contributed by atoms with Gasteiger partial charge in [0.2, 0.25) is 5.91 Å². The van der Waals surface area contributed by atoms with Crippen molar-refractivity contribution in [1.29, 1.82) is 0 Å². The second-order valence-corrected chi connectivity index (χ2v) is 7.19. The van der Waals surface area contributed by atoms with Crippen LogP contribution in [-0.2, 0) is 27.3 Å². The number of nitrogens with one attached hydrogen (secondary N) is 1. The molecule has 0 aromatic heterocycles. The first-order chi connectivity index (χ1) is 14.0. The van der Waals surface area contributed by atoms with E-state index in [2.05, 4.69) is 5.32 Å². The minimum atomic E-state index is -0.875. The first kappa shape index (κ1) is 20.6. The van der Waals surface area contributed by atoms with Gasteiger partial charge >= 0.3 is 5.97 Å². The van der Waals surface area contributed by atoms with Crippen LogP contribution in [0, 0.1) is 0 Å². The number of ether oxygens (including phenoxy) is 1. The van der Waals surface area contributed by atoms with E-state index in [1.807, 2.05) is 47.4 Å². The van der Waals surface area contributed by atoms with E-state index >= 15 is 0 Å². The molecular weight excluding hydrogens is 368 g/mol. The number of rotatable bonds is 8. The summed E-state index contributed by atoms with van der Waals surface area (Å²) in [5.41, 5.74) is 2.47. The number of likely N-dealkylation sites (tertiary alicyclic amines) is 1. The number of carbonyl (C=O) groups excluding carboxylic acids is 3. The minimum Gasteiger partial charge on any atom is -0.449 e. The lowest BCUT2D eigenvalue weighted by Gasteiger charge is -2.16. The molecule has 1 aliphatic rings. The fourth-order valence-corrected chi connectivity index (χ4v) is 3.24. The van der Waals surface area contributed by atoms with E-state index in [4.69, 9.17) is 4.74 Å². The van der Waals surface area contributed by atoms with Crippen LogP contribution in [0.3, 0.4) is 0 Å². The molecule has 1 atom stereocenters. The lowest BCUT2D eigenvalue weighted by Crippen LogP contribution is -2.36. The molecule has 1 fully saturated rings. The number of hydrogen-bond donors (Lipinski definition) is 1. The Labute approximate surface area is 170 Å². The van der Waals surface area contributed by atoms with Crippen LogP contribution in [0.2, 0.25) is 0 Å². The maximum atomic E-state index is 12.3. The van der Waals surface area contributed by atoms with E-state index in [1.165, 1.54) is 0 Å². The zero-order chi connectivity index (χ0) is 20.6. The van der Waals surface area contributed by atoms with Gasteiger partial charge in [-0.2, -0.15) is 0 Å². The highest BCUT2D eigenvalue weighted by Crippen LogP contribution is 2.15. The second-order valence-electron chi connectivity index (χ2n) is 7.19. The van der Waals surface area contributed by atoms with E-state index in [9.17, 15) is 14.4 Å². The Morgan fingerprint density at radius 1 is 1.07 bits per heavy atom. The van der Waals surface area contributed by atoms with Gasteiger partial charge in [-0.3, -0.25) is 9.59 Å². The number of esters is 1. The maximum Gasteiger partial charge on any atom is 0.338 e. The van der Waals surface area contributed by atoms with E-state index in [1.54, 1.807) is 19.1 Å². The van der Waals surface area contributed by atoms with E-state index in [-0.39, 0.29) is 11.8 Å². The molecule has 1 heterocycles. The molecule has 1 aliphatic heterocycles. The highest BCUT2D eigenvalue weighted by Gasteiger charge is 2.21. The van der Waals surface area contributed by atoms with Crippen molar-refractivity contribution < 1.29 is 19.1 Å². The summed E-state index contributed by atoms with van der Waals surface area (Å²) in [5, 5.41) is 2.79. The zero-order valence-corrected chi connectivity index (χ0v) is 16.6. The SMILES string of the molecule is CC(OC(=O)c1ccc(CN2CCCC2=O)cc1)C(=O)NCCc1ccccc1. The van der Waals surface area contributed by atoms with Gasteiger partial charge in [-0.15, -0.1) is 0 Å². The predicted molar refractivity (Wildman–Crippen MR) is 109 cm³/mol. The van der Waals surface area contributed by atoms with Crippen LogP contribution in [0.25, 0.3) is 0 Å². The molecule has 0 spiro atoms. The summed E-state index contributed by atoms with van der Waals surface area (Å²) < 4.78 is 5.28. The monoisotopic (exact) mass is 394 g/mol. The standard InChI is InChI=1S/C23H26N2O4/c1-17(22(27)24-14-13-18-6-3-2-4-7-18)29-23(28)20-11-9-19(10-12-20)16-25-15-5-8-21(25)26/h2-4,6-7,9-12,17H,5,8,13-16H2,1H3,(H,24,27). The third kappa shape index (κ3) is 5.91. The number of benzene rings is 2. The van der Waals surface area contributed by atoms with Crippen LogP contribution in [0.1, 0.15) is 41.3 Å². The summed E-state index contributed by atoms with van der Waals surface area (Å²) in [5.74, 6) is -0.696. The van der Waals surface area contributed by atoms with Gasteiger partial charge in [0.25, 0.3) is 5.91 Å². The Morgan fingerprint density at radius 2 is 1.79 bits per heavy atom. The Balaban J connectivity index is 1.44. The van der Waals surface area contributed by atoms with Gasteiger partial charge in [0.15, 0.2) is 6.10 Å². The van der Waals surface area contributed by atoms with Gasteiger partial charge in [0.05, 0.1) is 5.56 Å². The molecule has 2 aromatic rings. The van der Waals surface area contributed by atoms with Crippen LogP contribution in [0.15, 0.2) is 54.6 Å². The van der Waals surface area contributed by atoms with Gasteiger partial charge in [-0.1, -0.05) is 42.5 Å². The van der Waals surface area contributed by atoms with Crippen molar-refractivity contribution in [1.82, 2.24) is 10.2 Å². The molecular formula is C23H26N2O4. The van der Waals surface area contributed by atoms with Crippen LogP contribution < -0.4 is 5.32 Å². The summed E-state index contributed by atoms with van der Waals surface area (Å²) in [6, 6.07) is 16.8. The summed E-state index contributed by atoms with van der Waals surface area (Å²) >= 11 is 0. The van der Waals surface area contributed by atoms with Gasteiger partial charge in [-0.25, -0.2) is 4.79 Å². The average Bonchev–Trinajstić information content (AvgIpc) is 3.13. The fraction of sp³-hybridized carbons (Fsp3) is 0.348. The van der Waals surface area contributed by atoms with E-state index < -0.39 is 12.1 Å². The Morgan fingerprint density at radius 3 is 2.45 bits per heavy atom. The molecule has 2 aromatic carbocycles. The first-order valence-corrected chi connectivity index (χ1v) is 9.92. The quantitative estimate of drug-likeness (QED) is 0.699. The van der Waals surface area contributed by atoms with Crippen LogP contribution in [-0.4, -0.2) is 41.9 Å². The molecule has 2 amide bonds. The molecule has 0 bridgehead atoms. The van der Waals surface area contributed by atoms with E-state index in [0.29, 0.717) is 31.5 Å². The van der Waals surface area contributed by atoms with Crippen LogP contribution >= 0.6 is 0 Å². The Kier molecular flexibility index (Phi) is 7.00. The Bertz CT molecular complexity index is 849. The zero-order valence-electron chi connectivity index (χ0n) is 16.6. The molecule has 1 saturated heterocycles. The van der Waals surface area contributed by atoms with Crippen molar-refractivity contribution in [2.75, 3.05) is 13.1 Å². The molecule has 1 unspecified atom stereocenters. The molecule has 3 rings (SSSR count). The third-order valence-corrected chi connectivity index (χ3v) is 4.94. The first-order valence-electron chi connectivity index (χ1n) is 9.92. The molecule has 0 aliphatic carbocycles. The molecule has 29 heavy (non-hydrogen) atoms. The highest BCUT2D eigenvalue weighted by molar-refractivity contribution is 5.92. The van der Waals surface area contributed by atoms with Crippen molar-refractivity contribution >= 4 is 17.8 Å². The summed E-state index contributed by atoms with van der Waals surface area (Å²) in [6.45, 7) is 3.37. The van der Waals surface area contributed by atoms with Gasteiger partial charge in [0, 0.05) is 26.1 Å². The molecule has 152 valence electrons.